The second-order valence-electron chi connectivity index (χ2n) is 5.91. The molecule has 140 valence electrons. The Morgan fingerprint density at radius 3 is 2.44 bits per heavy atom. The first-order valence-electron chi connectivity index (χ1n) is 8.40. The number of pyridine rings is 1. The van der Waals surface area contributed by atoms with E-state index < -0.39 is 17.5 Å². The standard InChI is InChI=1S/C19H17F3N4O/c1-2-16-17(11-26(25-16)13-5-7-23-8-6-13)24-18(27)4-3-12-9-14(20)19(22)15(21)10-12/h5-11H,2-4H2,1H3,(H,24,27). The smallest absolute Gasteiger partial charge is 0.224 e. The first-order chi connectivity index (χ1) is 13.0. The summed E-state index contributed by atoms with van der Waals surface area (Å²) in [6.45, 7) is 1.92. The molecule has 0 aliphatic rings. The number of benzene rings is 1. The van der Waals surface area contributed by atoms with Crippen LogP contribution < -0.4 is 5.32 Å². The molecule has 1 amide bonds. The van der Waals surface area contributed by atoms with Crippen LogP contribution in [0.3, 0.4) is 0 Å². The van der Waals surface area contributed by atoms with Gasteiger partial charge in [-0.1, -0.05) is 6.92 Å². The maximum absolute atomic E-state index is 13.2. The van der Waals surface area contributed by atoms with E-state index in [1.807, 2.05) is 6.92 Å². The van der Waals surface area contributed by atoms with E-state index in [0.717, 1.165) is 17.8 Å². The van der Waals surface area contributed by atoms with Crippen LogP contribution in [0.25, 0.3) is 5.69 Å². The van der Waals surface area contributed by atoms with Gasteiger partial charge in [-0.25, -0.2) is 17.9 Å². The van der Waals surface area contributed by atoms with Crippen LogP contribution in [0, 0.1) is 17.5 Å². The summed E-state index contributed by atoms with van der Waals surface area (Å²) in [7, 11) is 0. The Hall–Kier alpha value is -3.16. The Balaban J connectivity index is 1.68. The zero-order valence-corrected chi connectivity index (χ0v) is 14.5. The number of nitrogens with zero attached hydrogens (tertiary/aromatic N) is 3. The van der Waals surface area contributed by atoms with E-state index in [4.69, 9.17) is 0 Å². The average molecular weight is 374 g/mol. The molecule has 0 saturated heterocycles. The van der Waals surface area contributed by atoms with Crippen molar-refractivity contribution in [2.45, 2.75) is 26.2 Å². The van der Waals surface area contributed by atoms with Gasteiger partial charge in [0.1, 0.15) is 0 Å². The van der Waals surface area contributed by atoms with Gasteiger partial charge in [0.25, 0.3) is 0 Å². The third-order valence-corrected chi connectivity index (χ3v) is 4.01. The Morgan fingerprint density at radius 2 is 1.81 bits per heavy atom. The Kier molecular flexibility index (Phi) is 5.54. The van der Waals surface area contributed by atoms with E-state index in [0.29, 0.717) is 17.8 Å². The molecule has 0 unspecified atom stereocenters. The number of rotatable bonds is 6. The highest BCUT2D eigenvalue weighted by atomic mass is 19.2. The molecule has 2 aromatic heterocycles. The van der Waals surface area contributed by atoms with Crippen LogP contribution >= 0.6 is 0 Å². The first-order valence-corrected chi connectivity index (χ1v) is 8.40. The number of carbonyl (C=O) groups excluding carboxylic acids is 1. The lowest BCUT2D eigenvalue weighted by atomic mass is 10.1. The van der Waals surface area contributed by atoms with Gasteiger partial charge >= 0.3 is 0 Å². The minimum absolute atomic E-state index is 0.00585. The summed E-state index contributed by atoms with van der Waals surface area (Å²) in [6.07, 6.45) is 5.67. The molecule has 0 spiro atoms. The molecular formula is C19H17F3N4O. The summed E-state index contributed by atoms with van der Waals surface area (Å²) in [5, 5.41) is 7.20. The summed E-state index contributed by atoms with van der Waals surface area (Å²) < 4.78 is 41.1. The molecule has 3 rings (SSSR count). The summed E-state index contributed by atoms with van der Waals surface area (Å²) in [5.41, 5.74) is 2.29. The zero-order chi connectivity index (χ0) is 19.4. The minimum Gasteiger partial charge on any atom is -0.323 e. The molecule has 5 nitrogen and oxygen atoms in total. The fourth-order valence-electron chi connectivity index (χ4n) is 2.63. The number of aryl methyl sites for hydroxylation is 2. The van der Waals surface area contributed by atoms with Gasteiger partial charge in [0.2, 0.25) is 5.91 Å². The van der Waals surface area contributed by atoms with Gasteiger partial charge in [0.05, 0.1) is 23.3 Å². The number of hydrogen-bond acceptors (Lipinski definition) is 3. The second-order valence-corrected chi connectivity index (χ2v) is 5.91. The number of halogens is 3. The van der Waals surface area contributed by atoms with Crippen LogP contribution in [0.4, 0.5) is 18.9 Å². The monoisotopic (exact) mass is 374 g/mol. The fourth-order valence-corrected chi connectivity index (χ4v) is 2.63. The Bertz CT molecular complexity index is 934. The maximum Gasteiger partial charge on any atom is 0.224 e. The largest absolute Gasteiger partial charge is 0.323 e. The summed E-state index contributed by atoms with van der Waals surface area (Å²) in [6, 6.07) is 5.36. The van der Waals surface area contributed by atoms with Gasteiger partial charge in [-0.2, -0.15) is 5.10 Å². The second kappa shape index (κ2) is 8.03. The van der Waals surface area contributed by atoms with Crippen LogP contribution in [-0.2, 0) is 17.6 Å². The van der Waals surface area contributed by atoms with Crippen molar-refractivity contribution >= 4 is 11.6 Å². The van der Waals surface area contributed by atoms with Crippen molar-refractivity contribution in [1.29, 1.82) is 0 Å². The van der Waals surface area contributed by atoms with Crippen molar-refractivity contribution in [3.05, 3.63) is 71.6 Å². The molecule has 1 aromatic carbocycles. The number of nitrogens with one attached hydrogen (secondary N) is 1. The molecule has 27 heavy (non-hydrogen) atoms. The highest BCUT2D eigenvalue weighted by Crippen LogP contribution is 2.19. The molecule has 0 aliphatic carbocycles. The Morgan fingerprint density at radius 1 is 1.15 bits per heavy atom. The third kappa shape index (κ3) is 4.33. The highest BCUT2D eigenvalue weighted by molar-refractivity contribution is 5.91. The van der Waals surface area contributed by atoms with E-state index in [9.17, 15) is 18.0 Å². The Labute approximate surface area is 153 Å². The van der Waals surface area contributed by atoms with Gasteiger partial charge in [0.15, 0.2) is 17.5 Å². The number of aromatic nitrogens is 3. The van der Waals surface area contributed by atoms with Crippen molar-refractivity contribution in [1.82, 2.24) is 14.8 Å². The van der Waals surface area contributed by atoms with E-state index in [1.54, 1.807) is 35.4 Å². The van der Waals surface area contributed by atoms with Gasteiger partial charge in [-0.3, -0.25) is 9.78 Å². The van der Waals surface area contributed by atoms with Crippen LogP contribution in [0.5, 0.6) is 0 Å². The molecule has 0 fully saturated rings. The number of hydrogen-bond donors (Lipinski definition) is 1. The topological polar surface area (TPSA) is 59.8 Å². The average Bonchev–Trinajstić information content (AvgIpc) is 3.08. The molecule has 0 aliphatic heterocycles. The zero-order valence-electron chi connectivity index (χ0n) is 14.5. The van der Waals surface area contributed by atoms with Gasteiger partial charge in [0, 0.05) is 18.8 Å². The lowest BCUT2D eigenvalue weighted by Crippen LogP contribution is -2.13. The van der Waals surface area contributed by atoms with Crippen LogP contribution in [0.1, 0.15) is 24.6 Å². The molecule has 1 N–H and O–H groups in total. The predicted molar refractivity (Wildman–Crippen MR) is 94.0 cm³/mol. The first kappa shape index (κ1) is 18.6. The maximum atomic E-state index is 13.2. The summed E-state index contributed by atoms with van der Waals surface area (Å²) in [5.74, 6) is -4.38. The van der Waals surface area contributed by atoms with Gasteiger partial charge in [-0.15, -0.1) is 0 Å². The fraction of sp³-hybridized carbons (Fsp3) is 0.211. The molecular weight excluding hydrogens is 357 g/mol. The van der Waals surface area contributed by atoms with Crippen molar-refractivity contribution in [3.63, 3.8) is 0 Å². The van der Waals surface area contributed by atoms with Crippen molar-refractivity contribution < 1.29 is 18.0 Å². The SMILES string of the molecule is CCc1nn(-c2ccncc2)cc1NC(=O)CCc1cc(F)c(F)c(F)c1. The van der Waals surface area contributed by atoms with Crippen molar-refractivity contribution in [2.24, 2.45) is 0 Å². The minimum atomic E-state index is -1.51. The molecule has 0 bridgehead atoms. The van der Waals surface area contributed by atoms with Gasteiger partial charge < -0.3 is 5.32 Å². The van der Waals surface area contributed by atoms with E-state index in [1.165, 1.54) is 0 Å². The molecule has 0 atom stereocenters. The number of amides is 1. The highest BCUT2D eigenvalue weighted by Gasteiger charge is 2.14. The van der Waals surface area contributed by atoms with E-state index in [-0.39, 0.29) is 24.3 Å². The van der Waals surface area contributed by atoms with Crippen LogP contribution in [0.15, 0.2) is 42.9 Å². The molecule has 3 aromatic rings. The van der Waals surface area contributed by atoms with E-state index >= 15 is 0 Å². The van der Waals surface area contributed by atoms with Crippen molar-refractivity contribution in [3.8, 4) is 5.69 Å². The molecule has 0 radical (unpaired) electrons. The normalized spacial score (nSPS) is 10.8. The van der Waals surface area contributed by atoms with Crippen molar-refractivity contribution in [2.75, 3.05) is 5.32 Å². The number of carbonyl (C=O) groups is 1. The predicted octanol–water partition coefficient (Wildman–Crippen LogP) is 3.82. The van der Waals surface area contributed by atoms with E-state index in [2.05, 4.69) is 15.4 Å². The lowest BCUT2D eigenvalue weighted by molar-refractivity contribution is -0.116. The quantitative estimate of drug-likeness (QED) is 0.668. The summed E-state index contributed by atoms with van der Waals surface area (Å²) >= 11 is 0. The molecule has 2 heterocycles. The molecule has 8 heteroatoms. The summed E-state index contributed by atoms with van der Waals surface area (Å²) in [4.78, 5) is 16.2. The molecule has 0 saturated carbocycles. The van der Waals surface area contributed by atoms with Crippen LogP contribution in [-0.4, -0.2) is 20.7 Å². The van der Waals surface area contributed by atoms with Crippen LogP contribution in [0.2, 0.25) is 0 Å². The third-order valence-electron chi connectivity index (χ3n) is 4.01. The van der Waals surface area contributed by atoms with Gasteiger partial charge in [-0.05, 0) is 42.7 Å². The number of anilines is 1. The lowest BCUT2D eigenvalue weighted by Gasteiger charge is -2.05.